The summed E-state index contributed by atoms with van der Waals surface area (Å²) in [6.07, 6.45) is 2.80. The molecular formula is C12H14N4O3S. The lowest BCUT2D eigenvalue weighted by Crippen LogP contribution is -2.15. The van der Waals surface area contributed by atoms with Crippen LogP contribution in [0.1, 0.15) is 12.5 Å². The molecule has 0 atom stereocenters. The molecule has 0 radical (unpaired) electrons. The van der Waals surface area contributed by atoms with E-state index in [-0.39, 0.29) is 5.03 Å². The Bertz CT molecular complexity index is 750. The molecule has 7 nitrogen and oxygen atoms in total. The molecule has 0 fully saturated rings. The molecule has 0 spiro atoms. The number of nitrogens with one attached hydrogen (secondary N) is 1. The predicted molar refractivity (Wildman–Crippen MR) is 74.5 cm³/mol. The highest BCUT2D eigenvalue weighted by molar-refractivity contribution is 7.92. The molecule has 0 aliphatic carbocycles. The first-order valence-corrected chi connectivity index (χ1v) is 7.21. The first kappa shape index (κ1) is 14.1. The van der Waals surface area contributed by atoms with Gasteiger partial charge in [-0.1, -0.05) is 23.4 Å². The minimum Gasteiger partial charge on any atom is -0.411 e. The number of rotatable bonds is 4. The van der Waals surface area contributed by atoms with E-state index in [0.29, 0.717) is 17.0 Å². The van der Waals surface area contributed by atoms with Crippen LogP contribution in [0.15, 0.2) is 47.0 Å². The lowest BCUT2D eigenvalue weighted by Gasteiger charge is -2.10. The lowest BCUT2D eigenvalue weighted by atomic mass is 10.1. The average Bonchev–Trinajstić information content (AvgIpc) is 2.86. The molecule has 2 N–H and O–H groups in total. The number of aromatic nitrogens is 2. The minimum absolute atomic E-state index is 0.0756. The van der Waals surface area contributed by atoms with Gasteiger partial charge in [-0.15, -0.1) is 0 Å². The van der Waals surface area contributed by atoms with Crippen molar-refractivity contribution in [3.8, 4) is 0 Å². The summed E-state index contributed by atoms with van der Waals surface area (Å²) in [7, 11) is -2.09. The van der Waals surface area contributed by atoms with Crippen LogP contribution < -0.4 is 4.72 Å². The molecule has 1 aromatic heterocycles. The Labute approximate surface area is 116 Å². The van der Waals surface area contributed by atoms with Crippen LogP contribution in [0.25, 0.3) is 0 Å². The second-order valence-corrected chi connectivity index (χ2v) is 5.84. The Kier molecular flexibility index (Phi) is 3.75. The number of anilines is 1. The zero-order valence-electron chi connectivity index (χ0n) is 11.0. The molecule has 20 heavy (non-hydrogen) atoms. The van der Waals surface area contributed by atoms with E-state index in [0.717, 1.165) is 0 Å². The summed E-state index contributed by atoms with van der Waals surface area (Å²) in [4.78, 5) is 3.81. The van der Waals surface area contributed by atoms with Gasteiger partial charge in [-0.3, -0.25) is 4.72 Å². The van der Waals surface area contributed by atoms with E-state index >= 15 is 0 Å². The third kappa shape index (κ3) is 2.80. The molecule has 106 valence electrons. The molecule has 8 heteroatoms. The second-order valence-electron chi connectivity index (χ2n) is 4.21. The van der Waals surface area contributed by atoms with Gasteiger partial charge in [0.25, 0.3) is 10.0 Å². The maximum atomic E-state index is 12.2. The Balaban J connectivity index is 2.40. The normalized spacial score (nSPS) is 12.4. The highest BCUT2D eigenvalue weighted by Gasteiger charge is 2.19. The molecule has 0 unspecified atom stereocenters. The Morgan fingerprint density at radius 1 is 1.40 bits per heavy atom. The van der Waals surface area contributed by atoms with E-state index in [1.807, 2.05) is 0 Å². The monoisotopic (exact) mass is 294 g/mol. The first-order chi connectivity index (χ1) is 9.44. The Morgan fingerprint density at radius 3 is 2.70 bits per heavy atom. The molecule has 0 aliphatic rings. The number of hydrogen-bond donors (Lipinski definition) is 2. The third-order valence-electron chi connectivity index (χ3n) is 2.67. The molecule has 1 aromatic carbocycles. The predicted octanol–water partition coefficient (Wildman–Crippen LogP) is 1.42. The van der Waals surface area contributed by atoms with Crippen molar-refractivity contribution in [3.05, 3.63) is 42.4 Å². The number of oxime groups is 1. The molecular weight excluding hydrogens is 280 g/mol. The van der Waals surface area contributed by atoms with Crippen LogP contribution in [-0.2, 0) is 17.1 Å². The van der Waals surface area contributed by atoms with Crippen molar-refractivity contribution < 1.29 is 13.6 Å². The lowest BCUT2D eigenvalue weighted by molar-refractivity contribution is 0.319. The van der Waals surface area contributed by atoms with Crippen molar-refractivity contribution in [3.63, 3.8) is 0 Å². The summed E-state index contributed by atoms with van der Waals surface area (Å²) in [5, 5.41) is 11.8. The number of para-hydroxylation sites is 1. The molecule has 0 amide bonds. The van der Waals surface area contributed by atoms with Gasteiger partial charge in [0.15, 0.2) is 5.03 Å². The van der Waals surface area contributed by atoms with Gasteiger partial charge in [0.2, 0.25) is 0 Å². The van der Waals surface area contributed by atoms with Gasteiger partial charge in [-0.05, 0) is 13.0 Å². The van der Waals surface area contributed by atoms with Crippen LogP contribution in [0.3, 0.4) is 0 Å². The summed E-state index contributed by atoms with van der Waals surface area (Å²) in [6.45, 7) is 1.58. The first-order valence-electron chi connectivity index (χ1n) is 5.73. The summed E-state index contributed by atoms with van der Waals surface area (Å²) in [5.74, 6) is 0. The fraction of sp³-hybridized carbons (Fsp3) is 0.167. The number of sulfonamides is 1. The quantitative estimate of drug-likeness (QED) is 0.506. The van der Waals surface area contributed by atoms with E-state index in [1.165, 1.54) is 12.5 Å². The second kappa shape index (κ2) is 5.33. The van der Waals surface area contributed by atoms with E-state index < -0.39 is 10.0 Å². The number of imidazole rings is 1. The molecule has 0 aliphatic heterocycles. The van der Waals surface area contributed by atoms with Crippen LogP contribution in [0.5, 0.6) is 0 Å². The average molecular weight is 294 g/mol. The summed E-state index contributed by atoms with van der Waals surface area (Å²) < 4.78 is 28.4. The topological polar surface area (TPSA) is 96.6 Å². The van der Waals surface area contributed by atoms with Crippen molar-refractivity contribution in [2.24, 2.45) is 12.2 Å². The van der Waals surface area contributed by atoms with Crippen LogP contribution in [0, 0.1) is 0 Å². The van der Waals surface area contributed by atoms with Crippen LogP contribution >= 0.6 is 0 Å². The number of aryl methyl sites for hydroxylation is 1. The van der Waals surface area contributed by atoms with Gasteiger partial charge in [0.1, 0.15) is 0 Å². The fourth-order valence-electron chi connectivity index (χ4n) is 1.67. The third-order valence-corrected chi connectivity index (χ3v) is 3.92. The highest BCUT2D eigenvalue weighted by atomic mass is 32.2. The van der Waals surface area contributed by atoms with E-state index in [4.69, 9.17) is 5.21 Å². The molecule has 2 rings (SSSR count). The van der Waals surface area contributed by atoms with E-state index in [1.54, 1.807) is 42.8 Å². The van der Waals surface area contributed by atoms with Gasteiger partial charge in [0.05, 0.1) is 17.7 Å². The van der Waals surface area contributed by atoms with E-state index in [9.17, 15) is 8.42 Å². The number of benzene rings is 1. The van der Waals surface area contributed by atoms with Crippen LogP contribution in [0.2, 0.25) is 0 Å². The maximum absolute atomic E-state index is 12.2. The summed E-state index contributed by atoms with van der Waals surface area (Å²) in [5.41, 5.74) is 1.13. The number of hydrogen-bond acceptors (Lipinski definition) is 5. The largest absolute Gasteiger partial charge is 0.411 e. The van der Waals surface area contributed by atoms with Gasteiger partial charge in [0, 0.05) is 18.8 Å². The van der Waals surface area contributed by atoms with Gasteiger partial charge >= 0.3 is 0 Å². The van der Waals surface area contributed by atoms with Gasteiger partial charge < -0.3 is 9.77 Å². The standard InChI is InChI=1S/C12H14N4O3S/c1-9(14-17)10-5-3-4-6-11(10)15-20(18,19)12-7-16(2)8-13-12/h3-8,15,17H,1-2H3. The summed E-state index contributed by atoms with van der Waals surface area (Å²) >= 11 is 0. The number of nitrogens with zero attached hydrogens (tertiary/aromatic N) is 3. The SMILES string of the molecule is CC(=NO)c1ccccc1NS(=O)(=O)c1cn(C)cn1. The van der Waals surface area contributed by atoms with Crippen LogP contribution in [-0.4, -0.2) is 28.9 Å². The van der Waals surface area contributed by atoms with Crippen molar-refractivity contribution in [2.75, 3.05) is 4.72 Å². The zero-order chi connectivity index (χ0) is 14.8. The molecule has 0 saturated carbocycles. The van der Waals surface area contributed by atoms with Crippen molar-refractivity contribution >= 4 is 21.4 Å². The Hall–Kier alpha value is -2.35. The van der Waals surface area contributed by atoms with Gasteiger partial charge in [-0.25, -0.2) is 4.98 Å². The van der Waals surface area contributed by atoms with Crippen LogP contribution in [0.4, 0.5) is 5.69 Å². The minimum atomic E-state index is -3.78. The Morgan fingerprint density at radius 2 is 2.10 bits per heavy atom. The van der Waals surface area contributed by atoms with E-state index in [2.05, 4.69) is 14.9 Å². The van der Waals surface area contributed by atoms with Crippen molar-refractivity contribution in [1.82, 2.24) is 9.55 Å². The highest BCUT2D eigenvalue weighted by Crippen LogP contribution is 2.20. The van der Waals surface area contributed by atoms with Crippen molar-refractivity contribution in [2.45, 2.75) is 11.9 Å². The molecule has 0 saturated heterocycles. The fourth-order valence-corrected chi connectivity index (χ4v) is 2.73. The zero-order valence-corrected chi connectivity index (χ0v) is 11.8. The molecule has 2 aromatic rings. The molecule has 0 bridgehead atoms. The maximum Gasteiger partial charge on any atom is 0.280 e. The van der Waals surface area contributed by atoms with Crippen molar-refractivity contribution in [1.29, 1.82) is 0 Å². The molecule has 1 heterocycles. The van der Waals surface area contributed by atoms with Gasteiger partial charge in [-0.2, -0.15) is 8.42 Å². The smallest absolute Gasteiger partial charge is 0.280 e. The summed E-state index contributed by atoms with van der Waals surface area (Å²) in [6, 6.07) is 6.66.